The second kappa shape index (κ2) is 11.3. The number of piperidine rings is 1. The fraction of sp³-hybridized carbons (Fsp3) is 0.458. The number of hydrogen-bond acceptors (Lipinski definition) is 5. The smallest absolute Gasteiger partial charge is 0.264 e. The lowest BCUT2D eigenvalue weighted by molar-refractivity contribution is 0.0685. The summed E-state index contributed by atoms with van der Waals surface area (Å²) in [6.07, 6.45) is 5.77. The van der Waals surface area contributed by atoms with Crippen molar-refractivity contribution < 1.29 is 22.1 Å². The molecule has 1 aliphatic heterocycles. The second-order valence-corrected chi connectivity index (χ2v) is 9.70. The number of unbranched alkanes of at least 4 members (excludes halogenated alkanes) is 1. The summed E-state index contributed by atoms with van der Waals surface area (Å²) in [7, 11) is -3.34. The van der Waals surface area contributed by atoms with Gasteiger partial charge in [0.15, 0.2) is 0 Å². The summed E-state index contributed by atoms with van der Waals surface area (Å²) in [5.41, 5.74) is 1.79. The fourth-order valence-corrected chi connectivity index (χ4v) is 4.21. The van der Waals surface area contributed by atoms with Gasteiger partial charge in [-0.2, -0.15) is 8.42 Å². The van der Waals surface area contributed by atoms with Crippen LogP contribution in [-0.4, -0.2) is 45.2 Å². The van der Waals surface area contributed by atoms with Crippen LogP contribution < -0.4 is 4.74 Å². The van der Waals surface area contributed by atoms with Crippen LogP contribution in [0, 0.1) is 5.92 Å². The Morgan fingerprint density at radius 2 is 1.68 bits per heavy atom. The third kappa shape index (κ3) is 7.99. The van der Waals surface area contributed by atoms with Crippen molar-refractivity contribution in [1.29, 1.82) is 0 Å². The van der Waals surface area contributed by atoms with Crippen LogP contribution in [0.3, 0.4) is 0 Å². The predicted molar refractivity (Wildman–Crippen MR) is 120 cm³/mol. The lowest BCUT2D eigenvalue weighted by Gasteiger charge is -2.32. The molecule has 168 valence electrons. The highest BCUT2D eigenvalue weighted by molar-refractivity contribution is 7.85. The van der Waals surface area contributed by atoms with E-state index in [9.17, 15) is 13.2 Å². The van der Waals surface area contributed by atoms with Gasteiger partial charge in [0.2, 0.25) is 0 Å². The average Bonchev–Trinajstić information content (AvgIpc) is 2.78. The fourth-order valence-electron chi connectivity index (χ4n) is 3.79. The molecular formula is C24H31NO5S. The van der Waals surface area contributed by atoms with Crippen LogP contribution in [0.25, 0.3) is 0 Å². The van der Waals surface area contributed by atoms with Gasteiger partial charge < -0.3 is 9.64 Å². The maximum Gasteiger partial charge on any atom is 0.264 e. The number of nitrogens with zero attached hydrogens (tertiary/aromatic N) is 1. The van der Waals surface area contributed by atoms with Crippen molar-refractivity contribution in [2.75, 3.05) is 26.0 Å². The number of benzene rings is 2. The summed E-state index contributed by atoms with van der Waals surface area (Å²) in [6.45, 7) is 2.27. The first kappa shape index (κ1) is 23.3. The molecule has 31 heavy (non-hydrogen) atoms. The molecular weight excluding hydrogens is 414 g/mol. The van der Waals surface area contributed by atoms with Crippen molar-refractivity contribution in [2.24, 2.45) is 5.92 Å². The van der Waals surface area contributed by atoms with E-state index in [0.29, 0.717) is 18.1 Å². The van der Waals surface area contributed by atoms with Crippen molar-refractivity contribution >= 4 is 16.0 Å². The molecule has 1 heterocycles. The molecule has 3 rings (SSSR count). The Kier molecular flexibility index (Phi) is 8.49. The van der Waals surface area contributed by atoms with Crippen LogP contribution in [0.15, 0.2) is 54.6 Å². The van der Waals surface area contributed by atoms with Gasteiger partial charge in [-0.1, -0.05) is 43.2 Å². The quantitative estimate of drug-likeness (QED) is 0.403. The number of ether oxygens (including phenoxy) is 1. The summed E-state index contributed by atoms with van der Waals surface area (Å²) in [4.78, 5) is 14.7. The molecule has 0 aliphatic carbocycles. The predicted octanol–water partition coefficient (Wildman–Crippen LogP) is 4.26. The summed E-state index contributed by atoms with van der Waals surface area (Å²) in [5.74, 6) is 1.39. The molecule has 0 bridgehead atoms. The van der Waals surface area contributed by atoms with Crippen LogP contribution in [0.2, 0.25) is 0 Å². The standard InChI is InChI=1S/C24H31NO5S/c1-31(27,28)30-18-6-5-7-20-14-16-25(17-15-20)24(26)22-10-12-23(13-11-22)29-19-21-8-3-2-4-9-21/h2-4,8-13,20H,5-7,14-19H2,1H3. The topological polar surface area (TPSA) is 72.9 Å². The van der Waals surface area contributed by atoms with Crippen molar-refractivity contribution in [3.05, 3.63) is 65.7 Å². The van der Waals surface area contributed by atoms with Gasteiger partial charge in [-0.3, -0.25) is 8.98 Å². The lowest BCUT2D eigenvalue weighted by Crippen LogP contribution is -2.38. The minimum atomic E-state index is -3.34. The number of rotatable bonds is 10. The summed E-state index contributed by atoms with van der Waals surface area (Å²) in [5, 5.41) is 0. The van der Waals surface area contributed by atoms with E-state index in [0.717, 1.165) is 62.8 Å². The van der Waals surface area contributed by atoms with Crippen molar-refractivity contribution in [3.8, 4) is 5.75 Å². The molecule has 2 aromatic rings. The lowest BCUT2D eigenvalue weighted by atomic mass is 9.91. The molecule has 0 unspecified atom stereocenters. The molecule has 0 aromatic heterocycles. The highest BCUT2D eigenvalue weighted by Gasteiger charge is 2.23. The molecule has 2 aromatic carbocycles. The van der Waals surface area contributed by atoms with Gasteiger partial charge in [-0.25, -0.2) is 0 Å². The van der Waals surface area contributed by atoms with Crippen LogP contribution in [0.5, 0.6) is 5.75 Å². The SMILES string of the molecule is CS(=O)(=O)OCCCCC1CCN(C(=O)c2ccc(OCc3ccccc3)cc2)CC1. The van der Waals surface area contributed by atoms with Gasteiger partial charge in [0.25, 0.3) is 16.0 Å². The van der Waals surface area contributed by atoms with Crippen LogP contribution in [-0.2, 0) is 20.9 Å². The molecule has 0 N–H and O–H groups in total. The third-order valence-electron chi connectivity index (χ3n) is 5.56. The Labute approximate surface area is 185 Å². The molecule has 0 saturated carbocycles. The Balaban J connectivity index is 1.38. The van der Waals surface area contributed by atoms with Crippen LogP contribution >= 0.6 is 0 Å². The number of carbonyl (C=O) groups is 1. The molecule has 6 nitrogen and oxygen atoms in total. The van der Waals surface area contributed by atoms with Gasteiger partial charge in [0.05, 0.1) is 12.9 Å². The second-order valence-electron chi connectivity index (χ2n) is 8.06. The van der Waals surface area contributed by atoms with E-state index < -0.39 is 10.1 Å². The van der Waals surface area contributed by atoms with E-state index in [1.165, 1.54) is 0 Å². The molecule has 1 fully saturated rings. The van der Waals surface area contributed by atoms with Gasteiger partial charge in [0.1, 0.15) is 12.4 Å². The average molecular weight is 446 g/mol. The first-order chi connectivity index (χ1) is 14.9. The molecule has 7 heteroatoms. The minimum absolute atomic E-state index is 0.0645. The highest BCUT2D eigenvalue weighted by atomic mass is 32.2. The maximum absolute atomic E-state index is 12.8. The number of carbonyl (C=O) groups excluding carboxylic acids is 1. The van der Waals surface area contributed by atoms with E-state index >= 15 is 0 Å². The molecule has 0 atom stereocenters. The van der Waals surface area contributed by atoms with E-state index in [2.05, 4.69) is 0 Å². The van der Waals surface area contributed by atoms with E-state index in [4.69, 9.17) is 8.92 Å². The van der Waals surface area contributed by atoms with Gasteiger partial charge in [-0.15, -0.1) is 0 Å². The van der Waals surface area contributed by atoms with Crippen molar-refractivity contribution in [2.45, 2.75) is 38.7 Å². The number of amides is 1. The van der Waals surface area contributed by atoms with Gasteiger partial charge in [-0.05, 0) is 55.0 Å². The summed E-state index contributed by atoms with van der Waals surface area (Å²) in [6, 6.07) is 17.3. The zero-order valence-corrected chi connectivity index (χ0v) is 18.9. The number of likely N-dealkylation sites (tertiary alicyclic amines) is 1. The van der Waals surface area contributed by atoms with Crippen LogP contribution in [0.4, 0.5) is 0 Å². The molecule has 1 aliphatic rings. The van der Waals surface area contributed by atoms with E-state index in [-0.39, 0.29) is 12.5 Å². The highest BCUT2D eigenvalue weighted by Crippen LogP contribution is 2.24. The largest absolute Gasteiger partial charge is 0.489 e. The Morgan fingerprint density at radius 1 is 1.00 bits per heavy atom. The normalized spacial score (nSPS) is 15.1. The van der Waals surface area contributed by atoms with Gasteiger partial charge >= 0.3 is 0 Å². The van der Waals surface area contributed by atoms with Crippen LogP contribution in [0.1, 0.15) is 48.0 Å². The summed E-state index contributed by atoms with van der Waals surface area (Å²) >= 11 is 0. The number of hydrogen-bond donors (Lipinski definition) is 0. The molecule has 1 saturated heterocycles. The minimum Gasteiger partial charge on any atom is -0.489 e. The molecule has 0 radical (unpaired) electrons. The first-order valence-electron chi connectivity index (χ1n) is 10.8. The van der Waals surface area contributed by atoms with E-state index in [1.54, 1.807) is 0 Å². The first-order valence-corrected chi connectivity index (χ1v) is 12.6. The molecule has 0 spiro atoms. The Bertz CT molecular complexity index is 920. The molecule has 1 amide bonds. The van der Waals surface area contributed by atoms with Crippen molar-refractivity contribution in [1.82, 2.24) is 4.90 Å². The third-order valence-corrected chi connectivity index (χ3v) is 6.15. The summed E-state index contributed by atoms with van der Waals surface area (Å²) < 4.78 is 32.5. The maximum atomic E-state index is 12.8. The van der Waals surface area contributed by atoms with Crippen molar-refractivity contribution in [3.63, 3.8) is 0 Å². The zero-order chi connectivity index (χ0) is 22.1. The zero-order valence-electron chi connectivity index (χ0n) is 18.0. The Morgan fingerprint density at radius 3 is 2.32 bits per heavy atom. The monoisotopic (exact) mass is 445 g/mol. The van der Waals surface area contributed by atoms with Gasteiger partial charge in [0, 0.05) is 18.7 Å². The Hall–Kier alpha value is -2.38. The van der Waals surface area contributed by atoms with E-state index in [1.807, 2.05) is 59.5 Å².